The molecular weight excluding hydrogens is 238 g/mol. The van der Waals surface area contributed by atoms with E-state index in [1.807, 2.05) is 11.3 Å². The predicted octanol–water partition coefficient (Wildman–Crippen LogP) is 4.99. The van der Waals surface area contributed by atoms with Gasteiger partial charge in [-0.15, -0.1) is 11.3 Å². The lowest BCUT2D eigenvalue weighted by Crippen LogP contribution is -2.27. The van der Waals surface area contributed by atoms with E-state index < -0.39 is 0 Å². The van der Waals surface area contributed by atoms with Crippen molar-refractivity contribution >= 4 is 11.3 Å². The molecule has 0 amide bonds. The van der Waals surface area contributed by atoms with E-state index in [2.05, 4.69) is 32.2 Å². The maximum atomic E-state index is 3.75. The summed E-state index contributed by atoms with van der Waals surface area (Å²) in [6, 6.07) is 3.02. The summed E-state index contributed by atoms with van der Waals surface area (Å²) in [5.74, 6) is 0.852. The van der Waals surface area contributed by atoms with Crippen LogP contribution in [0.2, 0.25) is 0 Å². The number of hydrogen-bond donors (Lipinski definition) is 1. The van der Waals surface area contributed by atoms with E-state index in [4.69, 9.17) is 0 Å². The standard InChI is InChI=1S/C16H27NS/c1-4-17-16(14-9-7-5-6-8-10-14)15-11-12(2)13(3)18-15/h11,14,16-17H,4-10H2,1-3H3. The first-order valence-corrected chi connectivity index (χ1v) is 8.34. The average molecular weight is 265 g/mol. The van der Waals surface area contributed by atoms with Crippen molar-refractivity contribution in [3.63, 3.8) is 0 Å². The first-order chi connectivity index (χ1) is 8.72. The van der Waals surface area contributed by atoms with Gasteiger partial charge in [-0.2, -0.15) is 0 Å². The van der Waals surface area contributed by atoms with Crippen LogP contribution in [0.1, 0.15) is 66.8 Å². The normalized spacial score (nSPS) is 19.7. The Morgan fingerprint density at radius 3 is 2.39 bits per heavy atom. The minimum Gasteiger partial charge on any atom is -0.309 e. The topological polar surface area (TPSA) is 12.0 Å². The van der Waals surface area contributed by atoms with Crippen LogP contribution in [0.25, 0.3) is 0 Å². The van der Waals surface area contributed by atoms with E-state index in [0.29, 0.717) is 6.04 Å². The molecule has 1 N–H and O–H groups in total. The van der Waals surface area contributed by atoms with Crippen LogP contribution in [-0.2, 0) is 0 Å². The number of hydrogen-bond acceptors (Lipinski definition) is 2. The fourth-order valence-corrected chi connectivity index (χ4v) is 4.33. The first kappa shape index (κ1) is 14.1. The van der Waals surface area contributed by atoms with Gasteiger partial charge in [-0.1, -0.05) is 32.6 Å². The number of nitrogens with one attached hydrogen (secondary N) is 1. The van der Waals surface area contributed by atoms with Gasteiger partial charge < -0.3 is 5.32 Å². The van der Waals surface area contributed by atoms with E-state index in [1.165, 1.54) is 49.0 Å². The number of aryl methyl sites for hydroxylation is 2. The Balaban J connectivity index is 2.15. The second-order valence-corrected chi connectivity index (χ2v) is 6.96. The Bertz CT molecular complexity index is 342. The molecule has 0 saturated heterocycles. The molecule has 0 aromatic carbocycles. The SMILES string of the molecule is CCNC(c1cc(C)c(C)s1)C1CCCCCC1. The van der Waals surface area contributed by atoms with Gasteiger partial charge in [0.25, 0.3) is 0 Å². The number of thiophene rings is 1. The quantitative estimate of drug-likeness (QED) is 0.757. The summed E-state index contributed by atoms with van der Waals surface area (Å²) in [7, 11) is 0. The summed E-state index contributed by atoms with van der Waals surface area (Å²) in [6.45, 7) is 7.80. The van der Waals surface area contributed by atoms with Gasteiger partial charge in [0.1, 0.15) is 0 Å². The van der Waals surface area contributed by atoms with Crippen molar-refractivity contribution in [2.75, 3.05) is 6.54 Å². The van der Waals surface area contributed by atoms with E-state index in [9.17, 15) is 0 Å². The third-order valence-electron chi connectivity index (χ3n) is 4.29. The molecule has 2 rings (SSSR count). The van der Waals surface area contributed by atoms with Crippen molar-refractivity contribution in [3.8, 4) is 0 Å². The highest BCUT2D eigenvalue weighted by Crippen LogP contribution is 2.37. The van der Waals surface area contributed by atoms with Gasteiger partial charge in [-0.3, -0.25) is 0 Å². The van der Waals surface area contributed by atoms with Gasteiger partial charge in [0.05, 0.1) is 0 Å². The zero-order chi connectivity index (χ0) is 13.0. The molecule has 1 saturated carbocycles. The van der Waals surface area contributed by atoms with Crippen LogP contribution in [0, 0.1) is 19.8 Å². The molecule has 1 aliphatic carbocycles. The molecule has 1 heterocycles. The third kappa shape index (κ3) is 3.36. The van der Waals surface area contributed by atoms with E-state index in [-0.39, 0.29) is 0 Å². The Hall–Kier alpha value is -0.340. The van der Waals surface area contributed by atoms with Crippen molar-refractivity contribution in [2.24, 2.45) is 5.92 Å². The van der Waals surface area contributed by atoms with E-state index in [0.717, 1.165) is 12.5 Å². The number of rotatable bonds is 4. The molecule has 0 radical (unpaired) electrons. The summed E-state index contributed by atoms with van der Waals surface area (Å²) in [5, 5.41) is 3.75. The molecule has 0 aliphatic heterocycles. The van der Waals surface area contributed by atoms with Crippen molar-refractivity contribution in [2.45, 2.75) is 65.3 Å². The van der Waals surface area contributed by atoms with Crippen LogP contribution in [0.15, 0.2) is 6.07 Å². The monoisotopic (exact) mass is 265 g/mol. The van der Waals surface area contributed by atoms with Crippen molar-refractivity contribution in [1.29, 1.82) is 0 Å². The van der Waals surface area contributed by atoms with Crippen LogP contribution >= 0.6 is 11.3 Å². The van der Waals surface area contributed by atoms with Gasteiger partial charge >= 0.3 is 0 Å². The van der Waals surface area contributed by atoms with Crippen molar-refractivity contribution in [3.05, 3.63) is 21.4 Å². The fraction of sp³-hybridized carbons (Fsp3) is 0.750. The summed E-state index contributed by atoms with van der Waals surface area (Å²) >= 11 is 2.00. The Morgan fingerprint density at radius 2 is 1.89 bits per heavy atom. The molecule has 1 fully saturated rings. The molecule has 1 unspecified atom stereocenters. The summed E-state index contributed by atoms with van der Waals surface area (Å²) in [6.07, 6.45) is 8.56. The second kappa shape index (κ2) is 6.72. The van der Waals surface area contributed by atoms with Crippen LogP contribution in [-0.4, -0.2) is 6.54 Å². The fourth-order valence-electron chi connectivity index (χ4n) is 3.12. The molecular formula is C16H27NS. The summed E-state index contributed by atoms with van der Waals surface area (Å²) in [4.78, 5) is 3.06. The molecule has 1 nitrogen and oxygen atoms in total. The van der Waals surface area contributed by atoms with E-state index >= 15 is 0 Å². The summed E-state index contributed by atoms with van der Waals surface area (Å²) < 4.78 is 0. The molecule has 1 aromatic rings. The lowest BCUT2D eigenvalue weighted by atomic mass is 9.90. The van der Waals surface area contributed by atoms with Gasteiger partial charge in [0.15, 0.2) is 0 Å². The largest absolute Gasteiger partial charge is 0.309 e. The molecule has 1 atom stereocenters. The van der Waals surface area contributed by atoms with Gasteiger partial charge in [-0.25, -0.2) is 0 Å². The van der Waals surface area contributed by atoms with Crippen molar-refractivity contribution in [1.82, 2.24) is 5.32 Å². The molecule has 0 spiro atoms. The maximum absolute atomic E-state index is 3.75. The average Bonchev–Trinajstić information content (AvgIpc) is 2.60. The van der Waals surface area contributed by atoms with Crippen molar-refractivity contribution < 1.29 is 0 Å². The molecule has 102 valence electrons. The molecule has 1 aromatic heterocycles. The molecule has 18 heavy (non-hydrogen) atoms. The molecule has 0 bridgehead atoms. The Morgan fingerprint density at radius 1 is 1.22 bits per heavy atom. The van der Waals surface area contributed by atoms with Gasteiger partial charge in [0.2, 0.25) is 0 Å². The molecule has 1 aliphatic rings. The van der Waals surface area contributed by atoms with Gasteiger partial charge in [-0.05, 0) is 50.8 Å². The molecule has 2 heteroatoms. The summed E-state index contributed by atoms with van der Waals surface area (Å²) in [5.41, 5.74) is 1.46. The smallest absolute Gasteiger partial charge is 0.0443 e. The van der Waals surface area contributed by atoms with Crippen LogP contribution < -0.4 is 5.32 Å². The van der Waals surface area contributed by atoms with Crippen LogP contribution in [0.5, 0.6) is 0 Å². The highest BCUT2D eigenvalue weighted by Gasteiger charge is 2.25. The minimum atomic E-state index is 0.602. The second-order valence-electron chi connectivity index (χ2n) is 5.67. The highest BCUT2D eigenvalue weighted by atomic mass is 32.1. The zero-order valence-electron chi connectivity index (χ0n) is 12.1. The van der Waals surface area contributed by atoms with Gasteiger partial charge in [0, 0.05) is 15.8 Å². The Kier molecular flexibility index (Phi) is 5.25. The van der Waals surface area contributed by atoms with E-state index in [1.54, 1.807) is 4.88 Å². The maximum Gasteiger partial charge on any atom is 0.0443 e. The van der Waals surface area contributed by atoms with Crippen LogP contribution in [0.4, 0.5) is 0 Å². The Labute approximate surface area is 116 Å². The highest BCUT2D eigenvalue weighted by molar-refractivity contribution is 7.12. The first-order valence-electron chi connectivity index (χ1n) is 7.52. The lowest BCUT2D eigenvalue weighted by molar-refractivity contribution is 0.334. The predicted molar refractivity (Wildman–Crippen MR) is 81.4 cm³/mol. The van der Waals surface area contributed by atoms with Crippen LogP contribution in [0.3, 0.4) is 0 Å². The minimum absolute atomic E-state index is 0.602. The zero-order valence-corrected chi connectivity index (χ0v) is 12.9. The lowest BCUT2D eigenvalue weighted by Gasteiger charge is -2.26. The third-order valence-corrected chi connectivity index (χ3v) is 5.52.